The Morgan fingerprint density at radius 3 is 2.53 bits per heavy atom. The van der Waals surface area contributed by atoms with E-state index in [0.717, 1.165) is 12.8 Å². The molecule has 0 aromatic heterocycles. The highest BCUT2D eigenvalue weighted by Gasteiger charge is 2.33. The molecular formula is C9H16N2O4. The normalized spacial score (nSPS) is 16.9. The largest absolute Gasteiger partial charge is 0.480 e. The number of rotatable bonds is 5. The average Bonchev–Trinajstić information content (AvgIpc) is 2.97. The van der Waals surface area contributed by atoms with Gasteiger partial charge in [-0.15, -0.1) is 0 Å². The number of aliphatic hydroxyl groups excluding tert-OH is 1. The summed E-state index contributed by atoms with van der Waals surface area (Å²) in [5.41, 5.74) is 0. The van der Waals surface area contributed by atoms with Crippen molar-refractivity contribution in [2.45, 2.75) is 31.8 Å². The summed E-state index contributed by atoms with van der Waals surface area (Å²) in [6, 6.07) is -1.16. The molecule has 0 bridgehead atoms. The van der Waals surface area contributed by atoms with Gasteiger partial charge in [-0.05, 0) is 19.8 Å². The van der Waals surface area contributed by atoms with E-state index in [2.05, 4.69) is 5.32 Å². The van der Waals surface area contributed by atoms with Crippen molar-refractivity contribution in [3.63, 3.8) is 0 Å². The molecule has 2 amide bonds. The molecule has 0 aliphatic heterocycles. The molecule has 0 aromatic rings. The first-order chi connectivity index (χ1) is 7.06. The second-order valence-corrected chi connectivity index (χ2v) is 3.66. The zero-order valence-electron chi connectivity index (χ0n) is 8.64. The van der Waals surface area contributed by atoms with Gasteiger partial charge in [-0.1, -0.05) is 0 Å². The Balaban J connectivity index is 2.45. The first-order valence-electron chi connectivity index (χ1n) is 4.97. The van der Waals surface area contributed by atoms with Crippen LogP contribution in [-0.2, 0) is 4.79 Å². The Morgan fingerprint density at radius 1 is 1.53 bits per heavy atom. The van der Waals surface area contributed by atoms with E-state index in [0.29, 0.717) is 0 Å². The van der Waals surface area contributed by atoms with Crippen LogP contribution in [0.25, 0.3) is 0 Å². The van der Waals surface area contributed by atoms with Gasteiger partial charge in [0.2, 0.25) is 0 Å². The van der Waals surface area contributed by atoms with Crippen molar-refractivity contribution in [3.05, 3.63) is 0 Å². The first-order valence-corrected chi connectivity index (χ1v) is 4.97. The monoisotopic (exact) mass is 216 g/mol. The highest BCUT2D eigenvalue weighted by atomic mass is 16.4. The summed E-state index contributed by atoms with van der Waals surface area (Å²) in [5.74, 6) is -1.07. The topological polar surface area (TPSA) is 89.9 Å². The maximum absolute atomic E-state index is 11.6. The predicted molar refractivity (Wildman–Crippen MR) is 52.4 cm³/mol. The van der Waals surface area contributed by atoms with E-state index in [-0.39, 0.29) is 19.2 Å². The van der Waals surface area contributed by atoms with E-state index in [9.17, 15) is 9.59 Å². The number of carboxylic acids is 1. The number of urea groups is 1. The van der Waals surface area contributed by atoms with Crippen LogP contribution in [-0.4, -0.2) is 52.3 Å². The molecule has 86 valence electrons. The molecule has 0 radical (unpaired) electrons. The van der Waals surface area contributed by atoms with Crippen LogP contribution < -0.4 is 5.32 Å². The molecule has 1 aliphatic carbocycles. The van der Waals surface area contributed by atoms with Crippen molar-refractivity contribution in [3.8, 4) is 0 Å². The van der Waals surface area contributed by atoms with E-state index >= 15 is 0 Å². The van der Waals surface area contributed by atoms with Crippen molar-refractivity contribution in [2.75, 3.05) is 13.2 Å². The lowest BCUT2D eigenvalue weighted by molar-refractivity contribution is -0.138. The van der Waals surface area contributed by atoms with Crippen molar-refractivity contribution in [2.24, 2.45) is 0 Å². The summed E-state index contributed by atoms with van der Waals surface area (Å²) in [6.45, 7) is 1.55. The number of nitrogens with one attached hydrogen (secondary N) is 1. The smallest absolute Gasteiger partial charge is 0.325 e. The van der Waals surface area contributed by atoms with Gasteiger partial charge >= 0.3 is 12.0 Å². The minimum atomic E-state index is -1.07. The first kappa shape index (κ1) is 11.8. The van der Waals surface area contributed by atoms with Crippen LogP contribution >= 0.6 is 0 Å². The van der Waals surface area contributed by atoms with Gasteiger partial charge in [-0.3, -0.25) is 4.79 Å². The van der Waals surface area contributed by atoms with Gasteiger partial charge < -0.3 is 20.4 Å². The second-order valence-electron chi connectivity index (χ2n) is 3.66. The van der Waals surface area contributed by atoms with Gasteiger partial charge in [0.05, 0.1) is 6.61 Å². The Hall–Kier alpha value is -1.30. The average molecular weight is 216 g/mol. The summed E-state index contributed by atoms with van der Waals surface area (Å²) in [6.07, 6.45) is 1.85. The number of carbonyl (C=O) groups is 2. The molecule has 1 fully saturated rings. The summed E-state index contributed by atoms with van der Waals surface area (Å²) in [5, 5.41) is 19.7. The lowest BCUT2D eigenvalue weighted by Crippen LogP contribution is -2.48. The minimum absolute atomic E-state index is 0.106. The highest BCUT2D eigenvalue weighted by Crippen LogP contribution is 2.26. The van der Waals surface area contributed by atoms with Gasteiger partial charge in [0, 0.05) is 12.6 Å². The van der Waals surface area contributed by atoms with Crippen LogP contribution in [0, 0.1) is 0 Å². The third kappa shape index (κ3) is 3.39. The van der Waals surface area contributed by atoms with Crippen LogP contribution in [0.4, 0.5) is 4.79 Å². The van der Waals surface area contributed by atoms with Crippen molar-refractivity contribution in [1.29, 1.82) is 0 Å². The third-order valence-corrected chi connectivity index (χ3v) is 2.30. The summed E-state index contributed by atoms with van der Waals surface area (Å²) in [4.78, 5) is 23.6. The number of hydrogen-bond donors (Lipinski definition) is 3. The second kappa shape index (κ2) is 4.97. The number of nitrogens with zero attached hydrogens (tertiary/aromatic N) is 1. The van der Waals surface area contributed by atoms with Crippen LogP contribution in [0.15, 0.2) is 0 Å². The fourth-order valence-corrected chi connectivity index (χ4v) is 1.27. The van der Waals surface area contributed by atoms with Gasteiger partial charge in [-0.2, -0.15) is 0 Å². The van der Waals surface area contributed by atoms with Gasteiger partial charge in [-0.25, -0.2) is 4.79 Å². The highest BCUT2D eigenvalue weighted by molar-refractivity contribution is 5.82. The Labute approximate surface area is 87.9 Å². The molecule has 0 spiro atoms. The molecule has 0 saturated heterocycles. The van der Waals surface area contributed by atoms with Crippen molar-refractivity contribution >= 4 is 12.0 Å². The summed E-state index contributed by atoms with van der Waals surface area (Å²) < 4.78 is 0. The molecule has 0 heterocycles. The van der Waals surface area contributed by atoms with Gasteiger partial charge in [0.1, 0.15) is 6.04 Å². The van der Waals surface area contributed by atoms with E-state index in [1.54, 1.807) is 0 Å². The van der Waals surface area contributed by atoms with Gasteiger partial charge in [0.15, 0.2) is 0 Å². The molecular weight excluding hydrogens is 200 g/mol. The molecule has 1 atom stereocenters. The molecule has 15 heavy (non-hydrogen) atoms. The van der Waals surface area contributed by atoms with Crippen LogP contribution in [0.3, 0.4) is 0 Å². The summed E-state index contributed by atoms with van der Waals surface area (Å²) in [7, 11) is 0. The van der Waals surface area contributed by atoms with Crippen molar-refractivity contribution < 1.29 is 19.8 Å². The van der Waals surface area contributed by atoms with Gasteiger partial charge in [0.25, 0.3) is 0 Å². The van der Waals surface area contributed by atoms with E-state index in [1.165, 1.54) is 11.8 Å². The van der Waals surface area contributed by atoms with Crippen LogP contribution in [0.5, 0.6) is 0 Å². The van der Waals surface area contributed by atoms with Crippen LogP contribution in [0.1, 0.15) is 19.8 Å². The zero-order valence-corrected chi connectivity index (χ0v) is 8.64. The SMILES string of the molecule is C[C@H](NC(=O)N(CCO)C1CC1)C(=O)O. The molecule has 3 N–H and O–H groups in total. The maximum atomic E-state index is 11.6. The van der Waals surface area contributed by atoms with Crippen LogP contribution in [0.2, 0.25) is 0 Å². The zero-order chi connectivity index (χ0) is 11.4. The van der Waals surface area contributed by atoms with E-state index in [4.69, 9.17) is 10.2 Å². The molecule has 0 unspecified atom stereocenters. The molecule has 1 aliphatic rings. The Bertz CT molecular complexity index is 252. The maximum Gasteiger partial charge on any atom is 0.325 e. The standard InChI is InChI=1S/C9H16N2O4/c1-6(8(13)14)10-9(15)11(4-5-12)7-2-3-7/h6-7,12H,2-5H2,1H3,(H,10,15)(H,13,14)/t6-/m0/s1. The minimum Gasteiger partial charge on any atom is -0.480 e. The number of carboxylic acid groups (broad SMARTS) is 1. The molecule has 6 heteroatoms. The molecule has 1 saturated carbocycles. The number of aliphatic carboxylic acids is 1. The Kier molecular flexibility index (Phi) is 3.90. The lowest BCUT2D eigenvalue weighted by atomic mass is 10.3. The number of hydrogen-bond acceptors (Lipinski definition) is 3. The number of aliphatic hydroxyl groups is 1. The van der Waals surface area contributed by atoms with E-state index in [1.807, 2.05) is 0 Å². The summed E-state index contributed by atoms with van der Waals surface area (Å²) >= 11 is 0. The fraction of sp³-hybridized carbons (Fsp3) is 0.778. The predicted octanol–water partition coefficient (Wildman–Crippen LogP) is -0.374. The fourth-order valence-electron chi connectivity index (χ4n) is 1.27. The number of amides is 2. The van der Waals surface area contributed by atoms with E-state index < -0.39 is 18.0 Å². The lowest BCUT2D eigenvalue weighted by Gasteiger charge is -2.23. The molecule has 6 nitrogen and oxygen atoms in total. The quantitative estimate of drug-likeness (QED) is 0.584. The number of carbonyl (C=O) groups excluding carboxylic acids is 1. The Morgan fingerprint density at radius 2 is 2.13 bits per heavy atom. The molecule has 1 rings (SSSR count). The molecule has 0 aromatic carbocycles. The van der Waals surface area contributed by atoms with Crippen molar-refractivity contribution in [1.82, 2.24) is 10.2 Å². The third-order valence-electron chi connectivity index (χ3n) is 2.30.